The number of halogens is 1. The van der Waals surface area contributed by atoms with Gasteiger partial charge in [0.2, 0.25) is 5.91 Å². The van der Waals surface area contributed by atoms with Crippen LogP contribution in [0.1, 0.15) is 37.9 Å². The van der Waals surface area contributed by atoms with Gasteiger partial charge in [-0.15, -0.1) is 10.2 Å². The molecule has 0 atom stereocenters. The number of nitrogens with one attached hydrogen (secondary N) is 1. The number of aromatic nitrogens is 3. The zero-order valence-electron chi connectivity index (χ0n) is 16.8. The van der Waals surface area contributed by atoms with E-state index in [1.165, 1.54) is 12.8 Å². The molecule has 1 aliphatic rings. The molecule has 0 radical (unpaired) electrons. The summed E-state index contributed by atoms with van der Waals surface area (Å²) in [4.78, 5) is 12.2. The van der Waals surface area contributed by atoms with Crippen molar-refractivity contribution in [2.75, 3.05) is 11.9 Å². The van der Waals surface area contributed by atoms with E-state index in [4.69, 9.17) is 4.74 Å². The van der Waals surface area contributed by atoms with E-state index in [-0.39, 0.29) is 5.91 Å². The smallest absolute Gasteiger partial charge is 0.224 e. The Morgan fingerprint density at radius 1 is 1.03 bits per heavy atom. The summed E-state index contributed by atoms with van der Waals surface area (Å²) in [7, 11) is 0. The van der Waals surface area contributed by atoms with Crippen LogP contribution >= 0.6 is 15.9 Å². The Kier molecular flexibility index (Phi) is 6.79. The van der Waals surface area contributed by atoms with Crippen LogP contribution in [0.2, 0.25) is 0 Å². The van der Waals surface area contributed by atoms with Gasteiger partial charge in [0.25, 0.3) is 0 Å². The van der Waals surface area contributed by atoms with Crippen molar-refractivity contribution in [3.63, 3.8) is 0 Å². The van der Waals surface area contributed by atoms with Gasteiger partial charge in [-0.25, -0.2) is 0 Å². The Labute approximate surface area is 184 Å². The van der Waals surface area contributed by atoms with Crippen LogP contribution in [0.5, 0.6) is 5.75 Å². The topological polar surface area (TPSA) is 69.0 Å². The van der Waals surface area contributed by atoms with Crippen LogP contribution in [0.3, 0.4) is 0 Å². The average molecular weight is 469 g/mol. The van der Waals surface area contributed by atoms with Crippen LogP contribution in [0, 0.1) is 0 Å². The summed E-state index contributed by atoms with van der Waals surface area (Å²) in [6.45, 7) is 1.48. The van der Waals surface area contributed by atoms with Gasteiger partial charge in [0.05, 0.1) is 6.61 Å². The third-order valence-corrected chi connectivity index (χ3v) is 5.70. The third-order valence-electron chi connectivity index (χ3n) is 5.17. The highest BCUT2D eigenvalue weighted by molar-refractivity contribution is 9.10. The maximum absolute atomic E-state index is 12.2. The summed E-state index contributed by atoms with van der Waals surface area (Å²) in [6.07, 6.45) is 5.64. The van der Waals surface area contributed by atoms with E-state index in [1.807, 2.05) is 48.5 Å². The summed E-state index contributed by atoms with van der Waals surface area (Å²) in [6, 6.07) is 15.5. The van der Waals surface area contributed by atoms with Crippen LogP contribution in [-0.4, -0.2) is 27.3 Å². The average Bonchev–Trinajstić information content (AvgIpc) is 3.01. The fourth-order valence-corrected chi connectivity index (χ4v) is 3.84. The van der Waals surface area contributed by atoms with Crippen molar-refractivity contribution in [3.05, 3.63) is 58.8 Å². The van der Waals surface area contributed by atoms with Crippen molar-refractivity contribution in [1.29, 1.82) is 0 Å². The summed E-state index contributed by atoms with van der Waals surface area (Å²) in [5.74, 6) is 2.78. The molecule has 0 bridgehead atoms. The number of anilines is 1. The molecule has 0 spiro atoms. The first-order valence-corrected chi connectivity index (χ1v) is 11.2. The predicted molar refractivity (Wildman–Crippen MR) is 121 cm³/mol. The van der Waals surface area contributed by atoms with Gasteiger partial charge in [-0.05, 0) is 67.8 Å². The molecule has 1 aromatic heterocycles. The highest BCUT2D eigenvalue weighted by Gasteiger charge is 2.16. The lowest BCUT2D eigenvalue weighted by Crippen LogP contribution is -2.12. The molecule has 1 amide bonds. The van der Waals surface area contributed by atoms with Crippen LogP contribution < -0.4 is 10.1 Å². The summed E-state index contributed by atoms with van der Waals surface area (Å²) < 4.78 is 8.90. The van der Waals surface area contributed by atoms with Gasteiger partial charge >= 0.3 is 0 Å². The molecule has 6 nitrogen and oxygen atoms in total. The normalized spacial score (nSPS) is 13.4. The first-order chi connectivity index (χ1) is 14.7. The van der Waals surface area contributed by atoms with Crippen LogP contribution in [0.15, 0.2) is 53.0 Å². The lowest BCUT2D eigenvalue weighted by Gasteiger charge is -2.09. The molecule has 0 aliphatic carbocycles. The molecule has 1 N–H and O–H groups in total. The second-order valence-corrected chi connectivity index (χ2v) is 8.35. The van der Waals surface area contributed by atoms with E-state index in [2.05, 4.69) is 36.0 Å². The lowest BCUT2D eigenvalue weighted by atomic mass is 10.2. The van der Waals surface area contributed by atoms with Crippen LogP contribution in [-0.2, 0) is 17.8 Å². The highest BCUT2D eigenvalue weighted by atomic mass is 79.9. The van der Waals surface area contributed by atoms with E-state index in [9.17, 15) is 4.79 Å². The largest absolute Gasteiger partial charge is 0.494 e. The Morgan fingerprint density at radius 3 is 2.63 bits per heavy atom. The molecule has 0 saturated heterocycles. The predicted octanol–water partition coefficient (Wildman–Crippen LogP) is 5.23. The number of nitrogens with zero attached hydrogens (tertiary/aromatic N) is 3. The Hall–Kier alpha value is -2.67. The highest BCUT2D eigenvalue weighted by Crippen LogP contribution is 2.24. The number of benzene rings is 2. The number of ether oxygens (including phenoxy) is 1. The van der Waals surface area contributed by atoms with E-state index >= 15 is 0 Å². The quantitative estimate of drug-likeness (QED) is 0.481. The number of aryl methyl sites for hydroxylation is 1. The van der Waals surface area contributed by atoms with Crippen LogP contribution in [0.25, 0.3) is 11.4 Å². The molecule has 0 saturated carbocycles. The van der Waals surface area contributed by atoms with Crippen molar-refractivity contribution in [3.8, 4) is 17.1 Å². The van der Waals surface area contributed by atoms with E-state index < -0.39 is 0 Å². The van der Waals surface area contributed by atoms with Crippen molar-refractivity contribution in [2.24, 2.45) is 0 Å². The number of hydrogen-bond acceptors (Lipinski definition) is 4. The van der Waals surface area contributed by atoms with E-state index in [0.717, 1.165) is 52.5 Å². The minimum Gasteiger partial charge on any atom is -0.494 e. The minimum absolute atomic E-state index is 0.0153. The maximum Gasteiger partial charge on any atom is 0.224 e. The molecule has 30 heavy (non-hydrogen) atoms. The summed E-state index contributed by atoms with van der Waals surface area (Å²) >= 11 is 3.40. The molecule has 0 unspecified atom stereocenters. The number of fused-ring (bicyclic) bond motifs is 1. The van der Waals surface area contributed by atoms with Gasteiger partial charge in [0, 0.05) is 35.1 Å². The molecule has 2 aromatic carbocycles. The van der Waals surface area contributed by atoms with Crippen molar-refractivity contribution in [1.82, 2.24) is 14.8 Å². The number of carbonyl (C=O) groups excluding carboxylic acids is 1. The number of carbonyl (C=O) groups is 1. The molecular formula is C23H25BrN4O2. The van der Waals surface area contributed by atoms with Gasteiger partial charge in [-0.2, -0.15) is 0 Å². The zero-order chi connectivity index (χ0) is 20.8. The van der Waals surface area contributed by atoms with Gasteiger partial charge in [-0.1, -0.05) is 22.4 Å². The lowest BCUT2D eigenvalue weighted by molar-refractivity contribution is -0.116. The Morgan fingerprint density at radius 2 is 1.83 bits per heavy atom. The number of hydrogen-bond donors (Lipinski definition) is 1. The zero-order valence-corrected chi connectivity index (χ0v) is 18.4. The van der Waals surface area contributed by atoms with Crippen molar-refractivity contribution >= 4 is 27.5 Å². The van der Waals surface area contributed by atoms with E-state index in [1.54, 1.807) is 0 Å². The standard InChI is InChI=1S/C23H25BrN4O2/c24-18-9-13-20(14-10-18)30-16-4-6-22(29)25-19-11-7-17(8-12-19)23-27-26-21-5-2-1-3-15-28(21)23/h7-14H,1-6,15-16H2,(H,25,29). The molecule has 1 aliphatic heterocycles. The van der Waals surface area contributed by atoms with E-state index in [0.29, 0.717) is 19.4 Å². The Bertz CT molecular complexity index is 983. The number of amides is 1. The van der Waals surface area contributed by atoms with Gasteiger partial charge < -0.3 is 14.6 Å². The molecule has 2 heterocycles. The molecule has 4 rings (SSSR count). The van der Waals surface area contributed by atoms with Gasteiger partial charge in [0.15, 0.2) is 5.82 Å². The second kappa shape index (κ2) is 9.89. The van der Waals surface area contributed by atoms with Crippen LogP contribution in [0.4, 0.5) is 5.69 Å². The third kappa shape index (κ3) is 5.27. The van der Waals surface area contributed by atoms with Crippen molar-refractivity contribution < 1.29 is 9.53 Å². The molecular weight excluding hydrogens is 444 g/mol. The monoisotopic (exact) mass is 468 g/mol. The molecule has 156 valence electrons. The SMILES string of the molecule is O=C(CCCOc1ccc(Br)cc1)Nc1ccc(-c2nnc3n2CCCCC3)cc1. The summed E-state index contributed by atoms with van der Waals surface area (Å²) in [5.41, 5.74) is 1.81. The fourth-order valence-electron chi connectivity index (χ4n) is 3.58. The van der Waals surface area contributed by atoms with Gasteiger partial charge in [-0.3, -0.25) is 4.79 Å². The molecule has 7 heteroatoms. The van der Waals surface area contributed by atoms with Gasteiger partial charge in [0.1, 0.15) is 11.6 Å². The first-order valence-electron chi connectivity index (χ1n) is 10.4. The second-order valence-electron chi connectivity index (χ2n) is 7.43. The Balaban J connectivity index is 1.27. The fraction of sp³-hybridized carbons (Fsp3) is 0.348. The minimum atomic E-state index is -0.0153. The number of rotatable bonds is 7. The maximum atomic E-state index is 12.2. The first kappa shape index (κ1) is 20.6. The van der Waals surface area contributed by atoms with Crippen molar-refractivity contribution in [2.45, 2.75) is 45.1 Å². The summed E-state index contributed by atoms with van der Waals surface area (Å²) in [5, 5.41) is 11.7. The molecule has 3 aromatic rings. The molecule has 0 fully saturated rings.